The molecule has 0 aliphatic carbocycles. The standard InChI is InChI=1S/C21H22N4O5S/c1-31(28,29)15-8-6-14(7-9-15)23-19(26)13-25-11-10-22-21(27)17(25)12-20-24-16-4-2-3-5-18(16)30-20/h2-9,17H,10-13H2,1H3,(H,22,27)(H,23,26)/t17-/m1/s1. The number of benzene rings is 2. The van der Waals surface area contributed by atoms with Gasteiger partial charge >= 0.3 is 0 Å². The molecule has 0 spiro atoms. The first kappa shape index (κ1) is 21.0. The largest absolute Gasteiger partial charge is 0.441 e. The number of piperazine rings is 1. The van der Waals surface area contributed by atoms with Crippen LogP contribution in [0.25, 0.3) is 11.1 Å². The third-order valence-electron chi connectivity index (χ3n) is 5.06. The summed E-state index contributed by atoms with van der Waals surface area (Å²) in [7, 11) is -3.30. The molecule has 162 valence electrons. The number of nitrogens with zero attached hydrogens (tertiary/aromatic N) is 2. The number of para-hydroxylation sites is 2. The fourth-order valence-corrected chi connectivity index (χ4v) is 4.15. The van der Waals surface area contributed by atoms with Crippen molar-refractivity contribution in [3.63, 3.8) is 0 Å². The molecule has 0 radical (unpaired) electrons. The van der Waals surface area contributed by atoms with Crippen molar-refractivity contribution in [2.45, 2.75) is 17.4 Å². The van der Waals surface area contributed by atoms with Crippen molar-refractivity contribution < 1.29 is 22.4 Å². The Balaban J connectivity index is 1.43. The van der Waals surface area contributed by atoms with E-state index in [1.165, 1.54) is 24.3 Å². The Morgan fingerprint density at radius 3 is 2.68 bits per heavy atom. The van der Waals surface area contributed by atoms with Crippen molar-refractivity contribution in [2.75, 3.05) is 31.2 Å². The van der Waals surface area contributed by atoms with Gasteiger partial charge in [0.25, 0.3) is 0 Å². The summed E-state index contributed by atoms with van der Waals surface area (Å²) >= 11 is 0. The molecular formula is C21H22N4O5S. The van der Waals surface area contributed by atoms with E-state index in [2.05, 4.69) is 15.6 Å². The van der Waals surface area contributed by atoms with E-state index in [9.17, 15) is 18.0 Å². The van der Waals surface area contributed by atoms with E-state index in [4.69, 9.17) is 4.42 Å². The Labute approximate surface area is 179 Å². The molecule has 1 aromatic heterocycles. The van der Waals surface area contributed by atoms with Gasteiger partial charge in [0.2, 0.25) is 11.8 Å². The molecule has 3 aromatic rings. The summed E-state index contributed by atoms with van der Waals surface area (Å²) in [6.45, 7) is 0.961. The molecule has 4 rings (SSSR count). The lowest BCUT2D eigenvalue weighted by Crippen LogP contribution is -2.57. The number of carbonyl (C=O) groups excluding carboxylic acids is 2. The highest BCUT2D eigenvalue weighted by Crippen LogP contribution is 2.19. The van der Waals surface area contributed by atoms with Crippen LogP contribution in [0.5, 0.6) is 0 Å². The molecule has 2 aromatic carbocycles. The molecule has 1 atom stereocenters. The fourth-order valence-electron chi connectivity index (χ4n) is 3.52. The number of hydrogen-bond donors (Lipinski definition) is 2. The van der Waals surface area contributed by atoms with Crippen LogP contribution in [0.4, 0.5) is 5.69 Å². The summed E-state index contributed by atoms with van der Waals surface area (Å²) < 4.78 is 28.9. The number of carbonyl (C=O) groups is 2. The molecule has 1 aliphatic heterocycles. The Kier molecular flexibility index (Phi) is 5.75. The van der Waals surface area contributed by atoms with Gasteiger partial charge in [0.1, 0.15) is 5.52 Å². The summed E-state index contributed by atoms with van der Waals surface area (Å²) in [5.74, 6) is -0.0480. The van der Waals surface area contributed by atoms with Gasteiger partial charge in [0, 0.05) is 31.5 Å². The van der Waals surface area contributed by atoms with E-state index >= 15 is 0 Å². The lowest BCUT2D eigenvalue weighted by molar-refractivity contribution is -0.130. The van der Waals surface area contributed by atoms with Gasteiger partial charge in [-0.2, -0.15) is 0 Å². The Morgan fingerprint density at radius 1 is 1.23 bits per heavy atom. The summed E-state index contributed by atoms with van der Waals surface area (Å²) in [6, 6.07) is 12.7. The first-order valence-electron chi connectivity index (χ1n) is 9.76. The number of fused-ring (bicyclic) bond motifs is 1. The average Bonchev–Trinajstić information content (AvgIpc) is 3.13. The molecule has 1 fully saturated rings. The van der Waals surface area contributed by atoms with Gasteiger partial charge in [0.15, 0.2) is 21.3 Å². The summed E-state index contributed by atoms with van der Waals surface area (Å²) in [5, 5.41) is 5.56. The Morgan fingerprint density at radius 2 is 1.97 bits per heavy atom. The normalized spacial score (nSPS) is 17.5. The molecule has 1 aliphatic rings. The molecule has 2 heterocycles. The summed E-state index contributed by atoms with van der Waals surface area (Å²) in [4.78, 5) is 31.4. The zero-order valence-electron chi connectivity index (χ0n) is 16.9. The summed E-state index contributed by atoms with van der Waals surface area (Å²) in [6.07, 6.45) is 1.37. The van der Waals surface area contributed by atoms with Crippen LogP contribution in [0.3, 0.4) is 0 Å². The molecule has 10 heteroatoms. The van der Waals surface area contributed by atoms with E-state index in [1.807, 2.05) is 24.3 Å². The van der Waals surface area contributed by atoms with Crippen LogP contribution in [0, 0.1) is 0 Å². The number of hydrogen-bond acceptors (Lipinski definition) is 7. The van der Waals surface area contributed by atoms with Crippen molar-refractivity contribution in [1.29, 1.82) is 0 Å². The number of nitrogens with one attached hydrogen (secondary N) is 2. The first-order chi connectivity index (χ1) is 14.8. The van der Waals surface area contributed by atoms with Crippen LogP contribution in [0.15, 0.2) is 57.8 Å². The van der Waals surface area contributed by atoms with Crippen molar-refractivity contribution in [2.24, 2.45) is 0 Å². The van der Waals surface area contributed by atoms with Gasteiger partial charge < -0.3 is 15.1 Å². The number of anilines is 1. The lowest BCUT2D eigenvalue weighted by Gasteiger charge is -2.33. The smallest absolute Gasteiger partial charge is 0.238 e. The van der Waals surface area contributed by atoms with Gasteiger partial charge in [-0.3, -0.25) is 14.5 Å². The SMILES string of the molecule is CS(=O)(=O)c1ccc(NC(=O)CN2CCNC(=O)[C@H]2Cc2nc3ccccc3o2)cc1. The minimum Gasteiger partial charge on any atom is -0.441 e. The average molecular weight is 442 g/mol. The first-order valence-corrected chi connectivity index (χ1v) is 11.6. The van der Waals surface area contributed by atoms with Gasteiger partial charge in [-0.05, 0) is 36.4 Å². The highest BCUT2D eigenvalue weighted by Gasteiger charge is 2.32. The van der Waals surface area contributed by atoms with E-state index in [0.29, 0.717) is 30.3 Å². The lowest BCUT2D eigenvalue weighted by atomic mass is 10.1. The maximum Gasteiger partial charge on any atom is 0.238 e. The molecular weight excluding hydrogens is 420 g/mol. The quantitative estimate of drug-likeness (QED) is 0.588. The number of sulfone groups is 1. The van der Waals surface area contributed by atoms with Crippen LogP contribution in [-0.4, -0.2) is 62.0 Å². The predicted octanol–water partition coefficient (Wildman–Crippen LogP) is 1.21. The Bertz CT molecular complexity index is 1190. The maximum atomic E-state index is 12.6. The van der Waals surface area contributed by atoms with Gasteiger partial charge in [-0.1, -0.05) is 12.1 Å². The van der Waals surface area contributed by atoms with Crippen molar-refractivity contribution in [1.82, 2.24) is 15.2 Å². The molecule has 0 unspecified atom stereocenters. The topological polar surface area (TPSA) is 122 Å². The number of aromatic nitrogens is 1. The number of amides is 2. The molecule has 1 saturated heterocycles. The molecule has 0 saturated carbocycles. The monoisotopic (exact) mass is 442 g/mol. The zero-order chi connectivity index (χ0) is 22.0. The fraction of sp³-hybridized carbons (Fsp3) is 0.286. The highest BCUT2D eigenvalue weighted by molar-refractivity contribution is 7.90. The van der Waals surface area contributed by atoms with Crippen molar-refractivity contribution >= 4 is 38.4 Å². The second-order valence-corrected chi connectivity index (χ2v) is 9.42. The van der Waals surface area contributed by atoms with Crippen LogP contribution in [0.2, 0.25) is 0 Å². The van der Waals surface area contributed by atoms with Crippen LogP contribution >= 0.6 is 0 Å². The van der Waals surface area contributed by atoms with E-state index in [-0.39, 0.29) is 29.7 Å². The summed E-state index contributed by atoms with van der Waals surface area (Å²) in [5.41, 5.74) is 1.85. The number of oxazole rings is 1. The van der Waals surface area contributed by atoms with Crippen LogP contribution < -0.4 is 10.6 Å². The van der Waals surface area contributed by atoms with Crippen molar-refractivity contribution in [3.8, 4) is 0 Å². The van der Waals surface area contributed by atoms with E-state index < -0.39 is 15.9 Å². The third kappa shape index (κ3) is 4.92. The molecule has 9 nitrogen and oxygen atoms in total. The molecule has 31 heavy (non-hydrogen) atoms. The second kappa shape index (κ2) is 8.48. The maximum absolute atomic E-state index is 12.6. The van der Waals surface area contributed by atoms with Gasteiger partial charge in [-0.15, -0.1) is 0 Å². The molecule has 0 bridgehead atoms. The van der Waals surface area contributed by atoms with Crippen LogP contribution in [-0.2, 0) is 25.8 Å². The van der Waals surface area contributed by atoms with E-state index in [0.717, 1.165) is 11.8 Å². The molecule has 2 amide bonds. The minimum absolute atomic E-state index is 0.00609. The number of rotatable bonds is 6. The zero-order valence-corrected chi connectivity index (χ0v) is 17.7. The minimum atomic E-state index is -3.30. The Hall–Kier alpha value is -3.24. The second-order valence-electron chi connectivity index (χ2n) is 7.40. The van der Waals surface area contributed by atoms with Crippen molar-refractivity contribution in [3.05, 3.63) is 54.4 Å². The van der Waals surface area contributed by atoms with Gasteiger partial charge in [-0.25, -0.2) is 13.4 Å². The third-order valence-corrected chi connectivity index (χ3v) is 6.19. The molecule has 2 N–H and O–H groups in total. The van der Waals surface area contributed by atoms with Crippen LogP contribution in [0.1, 0.15) is 5.89 Å². The van der Waals surface area contributed by atoms with Gasteiger partial charge in [0.05, 0.1) is 17.5 Å². The predicted molar refractivity (Wildman–Crippen MR) is 114 cm³/mol. The van der Waals surface area contributed by atoms with E-state index in [1.54, 1.807) is 4.90 Å². The highest BCUT2D eigenvalue weighted by atomic mass is 32.2.